The van der Waals surface area contributed by atoms with E-state index in [1.807, 2.05) is 24.3 Å². The number of rotatable bonds is 4. The number of nitrogens with zero attached hydrogens (tertiary/aromatic N) is 4. The van der Waals surface area contributed by atoms with Crippen LogP contribution >= 0.6 is 0 Å². The number of benzene rings is 1. The van der Waals surface area contributed by atoms with Gasteiger partial charge >= 0.3 is 12.0 Å². The maximum Gasteiger partial charge on any atom is 0.328 e. The summed E-state index contributed by atoms with van der Waals surface area (Å²) in [6.07, 6.45) is 3.63. The van der Waals surface area contributed by atoms with Gasteiger partial charge in [-0.05, 0) is 37.1 Å². The molecule has 9 nitrogen and oxygen atoms in total. The Morgan fingerprint density at radius 3 is 2.37 bits per heavy atom. The Bertz CT molecular complexity index is 929. The van der Waals surface area contributed by atoms with Crippen molar-refractivity contribution < 1.29 is 19.8 Å². The number of amides is 2. The number of aliphatic hydroxyl groups is 1. The molecule has 3 rings (SSSR count). The van der Waals surface area contributed by atoms with Gasteiger partial charge in [-0.25, -0.2) is 14.6 Å². The second-order valence-electron chi connectivity index (χ2n) is 6.87. The van der Waals surface area contributed by atoms with Gasteiger partial charge in [0, 0.05) is 49.8 Å². The molecule has 1 aromatic carbocycles. The predicted molar refractivity (Wildman–Crippen MR) is 110 cm³/mol. The lowest BCUT2D eigenvalue weighted by atomic mass is 10.1. The number of aliphatic hydroxyl groups excluding tert-OH is 1. The van der Waals surface area contributed by atoms with E-state index in [-0.39, 0.29) is 0 Å². The molecule has 2 aromatic rings. The zero-order valence-corrected chi connectivity index (χ0v) is 16.5. The van der Waals surface area contributed by atoms with E-state index in [4.69, 9.17) is 5.11 Å². The van der Waals surface area contributed by atoms with Crippen molar-refractivity contribution in [3.8, 4) is 11.8 Å². The van der Waals surface area contributed by atoms with E-state index >= 15 is 0 Å². The van der Waals surface area contributed by atoms with Gasteiger partial charge in [-0.15, -0.1) is 0 Å². The van der Waals surface area contributed by atoms with Gasteiger partial charge in [-0.2, -0.15) is 0 Å². The molecule has 1 aliphatic rings. The van der Waals surface area contributed by atoms with Crippen LogP contribution in [0.3, 0.4) is 0 Å². The largest absolute Gasteiger partial charge is 0.480 e. The van der Waals surface area contributed by atoms with Crippen molar-refractivity contribution in [1.29, 1.82) is 0 Å². The summed E-state index contributed by atoms with van der Waals surface area (Å²) >= 11 is 0. The average Bonchev–Trinajstić information content (AvgIpc) is 2.76. The van der Waals surface area contributed by atoms with Crippen LogP contribution in [0.2, 0.25) is 0 Å². The van der Waals surface area contributed by atoms with Crippen molar-refractivity contribution in [3.05, 3.63) is 54.1 Å². The minimum atomic E-state index is -1.33. The van der Waals surface area contributed by atoms with E-state index in [1.165, 1.54) is 6.92 Å². The van der Waals surface area contributed by atoms with Crippen LogP contribution in [0.25, 0.3) is 0 Å². The molecule has 3 N–H and O–H groups in total. The normalized spacial score (nSPS) is 15.5. The Kier molecular flexibility index (Phi) is 6.83. The summed E-state index contributed by atoms with van der Waals surface area (Å²) in [5, 5.41) is 21.0. The first-order chi connectivity index (χ1) is 14.4. The highest BCUT2D eigenvalue weighted by Crippen LogP contribution is 2.17. The number of carboxylic acid groups (broad SMARTS) is 1. The Morgan fingerprint density at radius 1 is 1.10 bits per heavy atom. The van der Waals surface area contributed by atoms with Crippen molar-refractivity contribution in [3.63, 3.8) is 0 Å². The number of nitrogens with one attached hydrogen (secondary N) is 1. The number of anilines is 1. The first-order valence-electron chi connectivity index (χ1n) is 9.53. The minimum absolute atomic E-state index is 0.451. The van der Waals surface area contributed by atoms with E-state index in [9.17, 15) is 14.7 Å². The molecule has 1 aromatic heterocycles. The van der Waals surface area contributed by atoms with Crippen molar-refractivity contribution in [2.75, 3.05) is 31.1 Å². The fraction of sp³-hybridized carbons (Fsp3) is 0.333. The van der Waals surface area contributed by atoms with Crippen LogP contribution in [-0.4, -0.2) is 75.4 Å². The van der Waals surface area contributed by atoms with Crippen LogP contribution in [0.1, 0.15) is 18.2 Å². The van der Waals surface area contributed by atoms with Gasteiger partial charge in [0.05, 0.1) is 12.3 Å². The van der Waals surface area contributed by atoms with Crippen LogP contribution in [0.4, 0.5) is 10.5 Å². The molecule has 0 radical (unpaired) electrons. The minimum Gasteiger partial charge on any atom is -0.480 e. The number of hydrogen-bond donors (Lipinski definition) is 3. The molecule has 0 unspecified atom stereocenters. The number of carboxylic acids is 1. The highest BCUT2D eigenvalue weighted by molar-refractivity contribution is 5.83. The number of carbonyl (C=O) groups excluding carboxylic acids is 1. The predicted octanol–water partition coefficient (Wildman–Crippen LogP) is 0.542. The Hall–Kier alpha value is -3.64. The third-order valence-corrected chi connectivity index (χ3v) is 4.72. The highest BCUT2D eigenvalue weighted by atomic mass is 16.4. The standard InChI is InChI=1S/C21H23N5O4/c1-15(27)19(20(28)29)24-21(30)26-12-10-25(11-13-26)18-6-3-16(4-7-18)2-5-17-14-22-8-9-23-17/h3-4,6-9,14-15,19,27H,10-13H2,1H3,(H,24,30)(H,28,29)/t15-,19+/m1/s1. The summed E-state index contributed by atoms with van der Waals surface area (Å²) in [6, 6.07) is 5.99. The molecule has 9 heteroatoms. The van der Waals surface area contributed by atoms with Crippen LogP contribution in [0, 0.1) is 11.8 Å². The molecule has 1 fully saturated rings. The quantitative estimate of drug-likeness (QED) is 0.631. The molecule has 0 bridgehead atoms. The second kappa shape index (κ2) is 9.71. The van der Waals surface area contributed by atoms with E-state index in [0.717, 1.165) is 11.3 Å². The third kappa shape index (κ3) is 5.46. The van der Waals surface area contributed by atoms with E-state index < -0.39 is 24.1 Å². The first kappa shape index (κ1) is 21.1. The summed E-state index contributed by atoms with van der Waals surface area (Å²) in [7, 11) is 0. The van der Waals surface area contributed by atoms with Crippen LogP contribution in [0.5, 0.6) is 0 Å². The third-order valence-electron chi connectivity index (χ3n) is 4.72. The maximum absolute atomic E-state index is 12.3. The smallest absolute Gasteiger partial charge is 0.328 e. The van der Waals surface area contributed by atoms with E-state index in [2.05, 4.69) is 32.0 Å². The Morgan fingerprint density at radius 2 is 1.80 bits per heavy atom. The lowest BCUT2D eigenvalue weighted by Crippen LogP contribution is -2.56. The molecule has 2 atom stereocenters. The van der Waals surface area contributed by atoms with E-state index in [0.29, 0.717) is 31.9 Å². The molecular weight excluding hydrogens is 386 g/mol. The number of carbonyl (C=O) groups is 2. The Labute approximate surface area is 174 Å². The molecular formula is C21H23N5O4. The number of piperazine rings is 1. The van der Waals surface area contributed by atoms with Gasteiger partial charge in [0.25, 0.3) is 0 Å². The summed E-state index contributed by atoms with van der Waals surface area (Å²) in [5.41, 5.74) is 2.49. The second-order valence-corrected chi connectivity index (χ2v) is 6.87. The highest BCUT2D eigenvalue weighted by Gasteiger charge is 2.28. The van der Waals surface area contributed by atoms with Crippen molar-refractivity contribution in [2.45, 2.75) is 19.1 Å². The van der Waals surface area contributed by atoms with E-state index in [1.54, 1.807) is 23.5 Å². The topological polar surface area (TPSA) is 119 Å². The lowest BCUT2D eigenvalue weighted by molar-refractivity contribution is -0.141. The molecule has 2 amide bonds. The fourth-order valence-electron chi connectivity index (χ4n) is 3.04. The molecule has 156 valence electrons. The summed E-state index contributed by atoms with van der Waals surface area (Å²) in [6.45, 7) is 3.46. The van der Waals surface area contributed by atoms with Gasteiger partial charge in [-0.3, -0.25) is 4.98 Å². The summed E-state index contributed by atoms with van der Waals surface area (Å²) < 4.78 is 0. The fourth-order valence-corrected chi connectivity index (χ4v) is 3.04. The van der Waals surface area contributed by atoms with Gasteiger partial charge in [0.1, 0.15) is 5.69 Å². The van der Waals surface area contributed by atoms with Gasteiger partial charge in [0.2, 0.25) is 0 Å². The van der Waals surface area contributed by atoms with Crippen LogP contribution in [0.15, 0.2) is 42.9 Å². The van der Waals surface area contributed by atoms with Crippen LogP contribution < -0.4 is 10.2 Å². The number of hydrogen-bond acceptors (Lipinski definition) is 6. The molecule has 2 heterocycles. The molecule has 0 spiro atoms. The van der Waals surface area contributed by atoms with Gasteiger partial charge in [-0.1, -0.05) is 5.92 Å². The monoisotopic (exact) mass is 409 g/mol. The first-order valence-corrected chi connectivity index (χ1v) is 9.53. The number of urea groups is 1. The maximum atomic E-state index is 12.3. The molecule has 30 heavy (non-hydrogen) atoms. The van der Waals surface area contributed by atoms with Crippen molar-refractivity contribution >= 4 is 17.7 Å². The average molecular weight is 409 g/mol. The molecule has 1 aliphatic heterocycles. The zero-order valence-electron chi connectivity index (χ0n) is 16.5. The number of aliphatic carboxylic acids is 1. The van der Waals surface area contributed by atoms with Crippen molar-refractivity contribution in [1.82, 2.24) is 20.2 Å². The summed E-state index contributed by atoms with van der Waals surface area (Å²) in [5.74, 6) is 4.75. The zero-order chi connectivity index (χ0) is 21.5. The Balaban J connectivity index is 1.54. The number of aromatic nitrogens is 2. The lowest BCUT2D eigenvalue weighted by Gasteiger charge is -2.36. The molecule has 0 saturated carbocycles. The van der Waals surface area contributed by atoms with Gasteiger partial charge in [0.15, 0.2) is 6.04 Å². The van der Waals surface area contributed by atoms with Crippen molar-refractivity contribution in [2.24, 2.45) is 0 Å². The SMILES string of the molecule is C[C@@H](O)[C@H](NC(=O)N1CCN(c2ccc(C#Cc3cnccn3)cc2)CC1)C(=O)O. The molecule has 1 saturated heterocycles. The molecule has 0 aliphatic carbocycles. The van der Waals surface area contributed by atoms with Crippen LogP contribution in [-0.2, 0) is 4.79 Å². The summed E-state index contributed by atoms with van der Waals surface area (Å²) in [4.78, 5) is 35.2. The van der Waals surface area contributed by atoms with Gasteiger partial charge < -0.3 is 25.3 Å².